The number of rotatable bonds is 10. The molecule has 0 amide bonds. The highest BCUT2D eigenvalue weighted by atomic mass is 31.2. The summed E-state index contributed by atoms with van der Waals surface area (Å²) in [4.78, 5) is 42.8. The van der Waals surface area contributed by atoms with E-state index in [1.807, 2.05) is 23.2 Å². The van der Waals surface area contributed by atoms with Crippen LogP contribution in [0.1, 0.15) is 33.9 Å². The summed E-state index contributed by atoms with van der Waals surface area (Å²) < 4.78 is 54.6. The van der Waals surface area contributed by atoms with Gasteiger partial charge in [-0.25, -0.2) is 18.7 Å². The van der Waals surface area contributed by atoms with Gasteiger partial charge < -0.3 is 19.1 Å². The molecule has 5 rings (SSSR count). The maximum atomic E-state index is 15.7. The molecule has 16 heteroatoms. The van der Waals surface area contributed by atoms with E-state index in [-0.39, 0.29) is 5.75 Å². The molecule has 0 aliphatic carbocycles. The molecule has 1 fully saturated rings. The fourth-order valence-corrected chi connectivity index (χ4v) is 6.18. The molecule has 14 nitrogen and oxygen atoms in total. The summed E-state index contributed by atoms with van der Waals surface area (Å²) in [6, 6.07) is 10.1. The minimum Gasteiger partial charge on any atom is -0.462 e. The number of aliphatic hydroxyl groups excluding tert-OH is 1. The zero-order valence-electron chi connectivity index (χ0n) is 23.7. The van der Waals surface area contributed by atoms with Crippen molar-refractivity contribution in [1.29, 1.82) is 0 Å². The number of pyridine rings is 1. The second kappa shape index (κ2) is 11.7. The van der Waals surface area contributed by atoms with Crippen molar-refractivity contribution in [2.45, 2.75) is 63.9 Å². The van der Waals surface area contributed by atoms with Crippen molar-refractivity contribution in [2.24, 2.45) is 0 Å². The minimum atomic E-state index is -4.45. The van der Waals surface area contributed by atoms with Gasteiger partial charge in [0.15, 0.2) is 11.9 Å². The number of H-pyrrole nitrogens is 1. The van der Waals surface area contributed by atoms with Crippen molar-refractivity contribution in [3.05, 3.63) is 75.7 Å². The summed E-state index contributed by atoms with van der Waals surface area (Å²) in [7, 11) is -4.45. The van der Waals surface area contributed by atoms with Gasteiger partial charge in [-0.2, -0.15) is 5.09 Å². The fraction of sp³-hybridized carbons (Fsp3) is 0.407. The van der Waals surface area contributed by atoms with Gasteiger partial charge in [0.25, 0.3) is 5.56 Å². The van der Waals surface area contributed by atoms with Gasteiger partial charge >= 0.3 is 19.4 Å². The molecular formula is C27H31FN5O9P. The molecule has 1 aliphatic rings. The molecule has 6 unspecified atom stereocenters. The average molecular weight is 620 g/mol. The number of carbonyl (C=O) groups excluding carboxylic acids is 1. The molecule has 0 spiro atoms. The quantitative estimate of drug-likeness (QED) is 0.176. The summed E-state index contributed by atoms with van der Waals surface area (Å²) in [5.41, 5.74) is -2.21. The Hall–Kier alpha value is -3.88. The number of aliphatic hydroxyl groups is 1. The molecule has 1 saturated heterocycles. The highest BCUT2D eigenvalue weighted by Gasteiger charge is 2.56. The average Bonchev–Trinajstić information content (AvgIpc) is 3.41. The molecule has 230 valence electrons. The molecular weight excluding hydrogens is 588 g/mol. The lowest BCUT2D eigenvalue weighted by Gasteiger charge is -2.25. The van der Waals surface area contributed by atoms with Crippen LogP contribution in [0.25, 0.3) is 16.7 Å². The number of ether oxygens (including phenoxy) is 2. The fourth-order valence-electron chi connectivity index (χ4n) is 4.69. The van der Waals surface area contributed by atoms with Gasteiger partial charge in [-0.05, 0) is 52.0 Å². The van der Waals surface area contributed by atoms with E-state index >= 15 is 4.39 Å². The summed E-state index contributed by atoms with van der Waals surface area (Å²) in [6.07, 6.45) is -2.55. The number of carbonyl (C=O) groups is 1. The van der Waals surface area contributed by atoms with Crippen molar-refractivity contribution in [1.82, 2.24) is 24.0 Å². The van der Waals surface area contributed by atoms with E-state index in [1.54, 1.807) is 36.6 Å². The van der Waals surface area contributed by atoms with Crippen LogP contribution in [-0.4, -0.2) is 66.6 Å². The Morgan fingerprint density at radius 2 is 2.00 bits per heavy atom. The van der Waals surface area contributed by atoms with Crippen molar-refractivity contribution >= 4 is 30.4 Å². The third kappa shape index (κ3) is 6.26. The molecule has 4 heterocycles. The lowest BCUT2D eigenvalue weighted by Crippen LogP contribution is -2.43. The Kier molecular flexibility index (Phi) is 8.29. The Bertz CT molecular complexity index is 1820. The molecule has 3 aromatic heterocycles. The lowest BCUT2D eigenvalue weighted by atomic mass is 9.98. The number of esters is 1. The number of aromatic amines is 1. The van der Waals surface area contributed by atoms with Crippen LogP contribution in [-0.2, 0) is 23.4 Å². The first-order valence-corrected chi connectivity index (χ1v) is 14.9. The third-order valence-corrected chi connectivity index (χ3v) is 8.44. The van der Waals surface area contributed by atoms with Crippen LogP contribution in [0.15, 0.2) is 64.4 Å². The van der Waals surface area contributed by atoms with E-state index in [1.165, 1.54) is 13.0 Å². The normalized spacial score (nSPS) is 24.3. The molecule has 0 saturated carbocycles. The SMILES string of the molecule is CC(C)OC(=O)C(C)NP(=O)(OCC1OC(n2ccc(=O)[nH]c2=O)C(C)(F)C1O)Oc1ccc2nc3ccccn3c2c1. The van der Waals surface area contributed by atoms with Gasteiger partial charge in [-0.3, -0.25) is 28.1 Å². The van der Waals surface area contributed by atoms with E-state index < -0.39 is 67.8 Å². The summed E-state index contributed by atoms with van der Waals surface area (Å²) in [6.45, 7) is 5.04. The van der Waals surface area contributed by atoms with Crippen molar-refractivity contribution in [2.75, 3.05) is 6.61 Å². The molecule has 4 aromatic rings. The minimum absolute atomic E-state index is 0.0966. The van der Waals surface area contributed by atoms with Crippen molar-refractivity contribution in [3.63, 3.8) is 0 Å². The number of nitrogens with one attached hydrogen (secondary N) is 2. The number of nitrogens with zero attached hydrogens (tertiary/aromatic N) is 3. The molecule has 3 N–H and O–H groups in total. The second-order valence-electron chi connectivity index (χ2n) is 10.6. The Morgan fingerprint density at radius 1 is 1.23 bits per heavy atom. The van der Waals surface area contributed by atoms with Crippen LogP contribution in [0.3, 0.4) is 0 Å². The summed E-state index contributed by atoms with van der Waals surface area (Å²) in [5, 5.41) is 13.3. The Labute approximate surface area is 243 Å². The van der Waals surface area contributed by atoms with Crippen LogP contribution in [0.2, 0.25) is 0 Å². The molecule has 0 radical (unpaired) electrons. The lowest BCUT2D eigenvalue weighted by molar-refractivity contribution is -0.149. The van der Waals surface area contributed by atoms with E-state index in [0.717, 1.165) is 23.8 Å². The van der Waals surface area contributed by atoms with Crippen LogP contribution in [0, 0.1) is 0 Å². The number of fused-ring (bicyclic) bond motifs is 3. The number of imidazole rings is 1. The first-order valence-electron chi connectivity index (χ1n) is 13.4. The molecule has 43 heavy (non-hydrogen) atoms. The molecule has 6 atom stereocenters. The zero-order chi connectivity index (χ0) is 31.1. The predicted octanol–water partition coefficient (Wildman–Crippen LogP) is 2.46. The topological polar surface area (TPSA) is 175 Å². The van der Waals surface area contributed by atoms with E-state index in [2.05, 4.69) is 10.1 Å². The van der Waals surface area contributed by atoms with Crippen molar-refractivity contribution < 1.29 is 37.4 Å². The number of aromatic nitrogens is 4. The number of hydrogen-bond donors (Lipinski definition) is 3. The summed E-state index contributed by atoms with van der Waals surface area (Å²) in [5.74, 6) is -0.634. The van der Waals surface area contributed by atoms with Crippen LogP contribution in [0.5, 0.6) is 5.75 Å². The van der Waals surface area contributed by atoms with Crippen LogP contribution < -0.4 is 20.9 Å². The first-order chi connectivity index (χ1) is 20.3. The van der Waals surface area contributed by atoms with Crippen LogP contribution in [0.4, 0.5) is 4.39 Å². The van der Waals surface area contributed by atoms with E-state index in [0.29, 0.717) is 16.7 Å². The smallest absolute Gasteiger partial charge is 0.459 e. The van der Waals surface area contributed by atoms with Gasteiger partial charge in [-0.15, -0.1) is 0 Å². The molecule has 0 bridgehead atoms. The number of hydrogen-bond acceptors (Lipinski definition) is 10. The van der Waals surface area contributed by atoms with Gasteiger partial charge in [0.2, 0.25) is 0 Å². The maximum Gasteiger partial charge on any atom is 0.459 e. The van der Waals surface area contributed by atoms with Crippen molar-refractivity contribution in [3.8, 4) is 5.75 Å². The Balaban J connectivity index is 1.41. The van der Waals surface area contributed by atoms with Gasteiger partial charge in [0.1, 0.15) is 29.6 Å². The highest BCUT2D eigenvalue weighted by Crippen LogP contribution is 2.48. The maximum absolute atomic E-state index is 15.7. The van der Waals surface area contributed by atoms with Gasteiger partial charge in [0.05, 0.1) is 23.7 Å². The second-order valence-corrected chi connectivity index (χ2v) is 12.2. The van der Waals surface area contributed by atoms with E-state index in [9.17, 15) is 24.1 Å². The summed E-state index contributed by atoms with van der Waals surface area (Å²) >= 11 is 0. The van der Waals surface area contributed by atoms with Gasteiger partial charge in [0, 0.05) is 24.5 Å². The largest absolute Gasteiger partial charge is 0.462 e. The molecule has 1 aromatic carbocycles. The number of alkyl halides is 1. The van der Waals surface area contributed by atoms with Gasteiger partial charge in [-0.1, -0.05) is 6.07 Å². The molecule has 1 aliphatic heterocycles. The monoisotopic (exact) mass is 619 g/mol. The van der Waals surface area contributed by atoms with Crippen LogP contribution >= 0.6 is 7.75 Å². The highest BCUT2D eigenvalue weighted by molar-refractivity contribution is 7.52. The number of benzene rings is 1. The zero-order valence-corrected chi connectivity index (χ0v) is 24.6. The van der Waals surface area contributed by atoms with E-state index in [4.69, 9.17) is 18.5 Å². The third-order valence-electron chi connectivity index (χ3n) is 6.79. The Morgan fingerprint density at radius 3 is 2.72 bits per heavy atom. The standard InChI is InChI=1S/C27H31FN5O9P/c1-15(2)40-24(36)16(3)31-43(38,42-17-8-9-18-19(13-17)32-11-6-5-7-21(32)29-18)39-14-20-23(35)27(4,28)25(41-20)33-12-10-22(34)30-26(33)37/h5-13,15-16,20,23,25,35H,14H2,1-4H3,(H,31,38)(H,30,34,37). The predicted molar refractivity (Wildman–Crippen MR) is 151 cm³/mol. The first kappa shape index (κ1) is 30.6. The number of halogens is 1.